The van der Waals surface area contributed by atoms with Gasteiger partial charge in [-0.3, -0.25) is 4.98 Å². The Morgan fingerprint density at radius 2 is 2.10 bits per heavy atom. The lowest BCUT2D eigenvalue weighted by Gasteiger charge is -2.19. The van der Waals surface area contributed by atoms with Crippen LogP contribution in [0, 0.1) is 0 Å². The summed E-state index contributed by atoms with van der Waals surface area (Å²) in [6.45, 7) is 2.92. The summed E-state index contributed by atoms with van der Waals surface area (Å²) >= 11 is 6.21. The molecule has 0 bridgehead atoms. The Morgan fingerprint density at radius 3 is 2.90 bits per heavy atom. The fourth-order valence-electron chi connectivity index (χ4n) is 2.56. The summed E-state index contributed by atoms with van der Waals surface area (Å²) < 4.78 is 0. The lowest BCUT2D eigenvalue weighted by molar-refractivity contribution is 0.664. The molecule has 0 aromatic carbocycles. The number of aromatic nitrogens is 3. The molecule has 2 heterocycles. The maximum atomic E-state index is 6.21. The van der Waals surface area contributed by atoms with E-state index >= 15 is 0 Å². The van der Waals surface area contributed by atoms with Gasteiger partial charge in [0, 0.05) is 24.0 Å². The van der Waals surface area contributed by atoms with Crippen molar-refractivity contribution in [1.82, 2.24) is 15.0 Å². The minimum Gasteiger partial charge on any atom is -0.370 e. The minimum absolute atomic E-state index is 0.589. The van der Waals surface area contributed by atoms with Gasteiger partial charge in [-0.25, -0.2) is 9.97 Å². The first-order valence-electron chi connectivity index (χ1n) is 7.04. The maximum absolute atomic E-state index is 6.21. The monoisotopic (exact) mass is 288 g/mol. The van der Waals surface area contributed by atoms with Crippen molar-refractivity contribution >= 4 is 17.4 Å². The van der Waals surface area contributed by atoms with E-state index in [1.807, 2.05) is 12.1 Å². The van der Waals surface area contributed by atoms with Gasteiger partial charge in [0.1, 0.15) is 11.5 Å². The predicted octanol–water partition coefficient (Wildman–Crippen LogP) is 3.50. The van der Waals surface area contributed by atoms with Crippen molar-refractivity contribution in [1.29, 1.82) is 0 Å². The number of hydrogen-bond donors (Lipinski definition) is 1. The largest absolute Gasteiger partial charge is 0.370 e. The standard InChI is InChI=1S/C15H17ClN4/c1-2-17-14-10-6-3-4-8-12(10)19-15(20-14)13-11(16)7-5-9-18-13/h5,7,9H,2-4,6,8H2,1H3,(H,17,19,20). The predicted molar refractivity (Wildman–Crippen MR) is 81.1 cm³/mol. The highest BCUT2D eigenvalue weighted by Crippen LogP contribution is 2.29. The Morgan fingerprint density at radius 1 is 1.25 bits per heavy atom. The lowest BCUT2D eigenvalue weighted by Crippen LogP contribution is -2.13. The summed E-state index contributed by atoms with van der Waals surface area (Å²) in [5, 5.41) is 3.93. The molecule has 3 rings (SSSR count). The Balaban J connectivity index is 2.13. The zero-order chi connectivity index (χ0) is 13.9. The minimum atomic E-state index is 0.589. The molecular formula is C15H17ClN4. The van der Waals surface area contributed by atoms with Crippen molar-refractivity contribution in [2.45, 2.75) is 32.6 Å². The average molecular weight is 289 g/mol. The molecule has 0 atom stereocenters. The topological polar surface area (TPSA) is 50.7 Å². The number of aryl methyl sites for hydroxylation is 1. The summed E-state index contributed by atoms with van der Waals surface area (Å²) in [4.78, 5) is 13.6. The molecule has 20 heavy (non-hydrogen) atoms. The van der Waals surface area contributed by atoms with Crippen molar-refractivity contribution in [3.8, 4) is 11.5 Å². The number of nitrogens with one attached hydrogen (secondary N) is 1. The zero-order valence-corrected chi connectivity index (χ0v) is 12.2. The Bertz CT molecular complexity index is 627. The van der Waals surface area contributed by atoms with Gasteiger partial charge in [0.2, 0.25) is 0 Å². The molecule has 0 fully saturated rings. The molecule has 0 saturated carbocycles. The van der Waals surface area contributed by atoms with Crippen LogP contribution in [0.2, 0.25) is 5.02 Å². The Hall–Kier alpha value is -1.68. The molecular weight excluding hydrogens is 272 g/mol. The lowest BCUT2D eigenvalue weighted by atomic mass is 9.96. The van der Waals surface area contributed by atoms with E-state index in [2.05, 4.69) is 27.2 Å². The average Bonchev–Trinajstić information content (AvgIpc) is 2.48. The van der Waals surface area contributed by atoms with Crippen molar-refractivity contribution in [3.63, 3.8) is 0 Å². The van der Waals surface area contributed by atoms with Crippen molar-refractivity contribution in [3.05, 3.63) is 34.6 Å². The third-order valence-electron chi connectivity index (χ3n) is 3.50. The van der Waals surface area contributed by atoms with E-state index in [9.17, 15) is 0 Å². The molecule has 1 N–H and O–H groups in total. The normalized spacial score (nSPS) is 13.9. The SMILES string of the molecule is CCNc1nc(-c2ncccc2Cl)nc2c1CCCC2. The highest BCUT2D eigenvalue weighted by Gasteiger charge is 2.19. The summed E-state index contributed by atoms with van der Waals surface area (Å²) in [6, 6.07) is 3.63. The van der Waals surface area contributed by atoms with Gasteiger partial charge in [-0.15, -0.1) is 0 Å². The first-order chi connectivity index (χ1) is 9.79. The molecule has 1 aliphatic rings. The van der Waals surface area contributed by atoms with Gasteiger partial charge in [0.15, 0.2) is 5.82 Å². The van der Waals surface area contributed by atoms with Crippen LogP contribution in [0.15, 0.2) is 18.3 Å². The molecule has 0 unspecified atom stereocenters. The molecule has 4 nitrogen and oxygen atoms in total. The number of halogens is 1. The van der Waals surface area contributed by atoms with Gasteiger partial charge >= 0.3 is 0 Å². The van der Waals surface area contributed by atoms with E-state index < -0.39 is 0 Å². The van der Waals surface area contributed by atoms with Crippen LogP contribution in [0.3, 0.4) is 0 Å². The number of anilines is 1. The van der Waals surface area contributed by atoms with Gasteiger partial charge in [0.25, 0.3) is 0 Å². The van der Waals surface area contributed by atoms with E-state index in [-0.39, 0.29) is 0 Å². The number of pyridine rings is 1. The Kier molecular flexibility index (Phi) is 3.83. The van der Waals surface area contributed by atoms with Crippen LogP contribution < -0.4 is 5.32 Å². The number of fused-ring (bicyclic) bond motifs is 1. The van der Waals surface area contributed by atoms with Crippen LogP contribution in [-0.4, -0.2) is 21.5 Å². The van der Waals surface area contributed by atoms with E-state index in [0.717, 1.165) is 30.9 Å². The van der Waals surface area contributed by atoms with Crippen LogP contribution in [0.5, 0.6) is 0 Å². The second-order valence-electron chi connectivity index (χ2n) is 4.89. The van der Waals surface area contributed by atoms with Crippen molar-refractivity contribution in [2.24, 2.45) is 0 Å². The fraction of sp³-hybridized carbons (Fsp3) is 0.400. The first-order valence-corrected chi connectivity index (χ1v) is 7.42. The van der Waals surface area contributed by atoms with Gasteiger partial charge < -0.3 is 5.32 Å². The highest BCUT2D eigenvalue weighted by atomic mass is 35.5. The number of nitrogens with zero attached hydrogens (tertiary/aromatic N) is 3. The maximum Gasteiger partial charge on any atom is 0.181 e. The van der Waals surface area contributed by atoms with E-state index in [0.29, 0.717) is 16.5 Å². The van der Waals surface area contributed by atoms with E-state index in [1.165, 1.54) is 18.4 Å². The first kappa shape index (κ1) is 13.3. The van der Waals surface area contributed by atoms with E-state index in [4.69, 9.17) is 11.6 Å². The molecule has 0 saturated heterocycles. The van der Waals surface area contributed by atoms with Crippen LogP contribution in [0.1, 0.15) is 31.0 Å². The molecule has 2 aromatic heterocycles. The molecule has 0 spiro atoms. The third-order valence-corrected chi connectivity index (χ3v) is 3.80. The van der Waals surface area contributed by atoms with E-state index in [1.54, 1.807) is 6.20 Å². The van der Waals surface area contributed by atoms with Gasteiger partial charge in [0.05, 0.1) is 5.02 Å². The van der Waals surface area contributed by atoms with Gasteiger partial charge in [-0.2, -0.15) is 0 Å². The van der Waals surface area contributed by atoms with Crippen molar-refractivity contribution < 1.29 is 0 Å². The highest BCUT2D eigenvalue weighted by molar-refractivity contribution is 6.32. The molecule has 0 amide bonds. The molecule has 104 valence electrons. The van der Waals surface area contributed by atoms with Crippen LogP contribution >= 0.6 is 11.6 Å². The molecule has 5 heteroatoms. The smallest absolute Gasteiger partial charge is 0.181 e. The summed E-state index contributed by atoms with van der Waals surface area (Å²) in [5.74, 6) is 1.56. The van der Waals surface area contributed by atoms with Crippen molar-refractivity contribution in [2.75, 3.05) is 11.9 Å². The van der Waals surface area contributed by atoms with Crippen LogP contribution in [-0.2, 0) is 12.8 Å². The molecule has 0 radical (unpaired) electrons. The second kappa shape index (κ2) is 5.75. The third kappa shape index (κ3) is 2.48. The second-order valence-corrected chi connectivity index (χ2v) is 5.30. The molecule has 1 aliphatic carbocycles. The molecule has 2 aromatic rings. The number of rotatable bonds is 3. The summed E-state index contributed by atoms with van der Waals surface area (Å²) in [7, 11) is 0. The van der Waals surface area contributed by atoms with Gasteiger partial charge in [-0.1, -0.05) is 11.6 Å². The summed E-state index contributed by atoms with van der Waals surface area (Å²) in [6.07, 6.45) is 6.17. The summed E-state index contributed by atoms with van der Waals surface area (Å²) in [5.41, 5.74) is 3.05. The van der Waals surface area contributed by atoms with Crippen LogP contribution in [0.25, 0.3) is 11.5 Å². The quantitative estimate of drug-likeness (QED) is 0.939. The molecule has 0 aliphatic heterocycles. The fourth-order valence-corrected chi connectivity index (χ4v) is 2.77. The Labute approximate surface area is 123 Å². The van der Waals surface area contributed by atoms with Gasteiger partial charge in [-0.05, 0) is 44.7 Å². The zero-order valence-electron chi connectivity index (χ0n) is 11.5. The number of hydrogen-bond acceptors (Lipinski definition) is 4. The van der Waals surface area contributed by atoms with Crippen LogP contribution in [0.4, 0.5) is 5.82 Å².